The number of likely N-dealkylation sites (tertiary alicyclic amines) is 1. The molecule has 4 nitrogen and oxygen atoms in total. The summed E-state index contributed by atoms with van der Waals surface area (Å²) in [5.74, 6) is 0.715. The van der Waals surface area contributed by atoms with Crippen LogP contribution in [0.2, 0.25) is 0 Å². The minimum Gasteiger partial charge on any atom is -0.395 e. The molecule has 0 saturated carbocycles. The van der Waals surface area contributed by atoms with Crippen LogP contribution >= 0.6 is 0 Å². The lowest BCUT2D eigenvalue weighted by Crippen LogP contribution is -2.47. The van der Waals surface area contributed by atoms with Gasteiger partial charge in [-0.2, -0.15) is 0 Å². The summed E-state index contributed by atoms with van der Waals surface area (Å²) in [5, 5.41) is 22.5. The Bertz CT molecular complexity index is 308. The number of aliphatic hydroxyl groups is 2. The highest BCUT2D eigenvalue weighted by molar-refractivity contribution is 4.92. The van der Waals surface area contributed by atoms with E-state index in [4.69, 9.17) is 0 Å². The molecule has 2 atom stereocenters. The molecule has 1 rings (SSSR count). The highest BCUT2D eigenvalue weighted by Crippen LogP contribution is 2.12. The maximum atomic E-state index is 9.53. The molecule has 130 valence electrons. The van der Waals surface area contributed by atoms with Crippen LogP contribution in [0.3, 0.4) is 0 Å². The number of rotatable bonds is 10. The third-order valence-corrected chi connectivity index (χ3v) is 4.54. The van der Waals surface area contributed by atoms with Gasteiger partial charge in [-0.1, -0.05) is 18.6 Å². The van der Waals surface area contributed by atoms with Gasteiger partial charge >= 0.3 is 0 Å². The van der Waals surface area contributed by atoms with Crippen molar-refractivity contribution in [1.82, 2.24) is 10.2 Å². The summed E-state index contributed by atoms with van der Waals surface area (Å²) in [5.41, 5.74) is 1.40. The first kappa shape index (κ1) is 19.6. The van der Waals surface area contributed by atoms with Gasteiger partial charge in [0.2, 0.25) is 0 Å². The highest BCUT2D eigenvalue weighted by atomic mass is 16.3. The Morgan fingerprint density at radius 3 is 2.55 bits per heavy atom. The van der Waals surface area contributed by atoms with Crippen LogP contribution in [-0.4, -0.2) is 60.0 Å². The summed E-state index contributed by atoms with van der Waals surface area (Å²) in [6.45, 7) is 10.5. The molecule has 1 heterocycles. The van der Waals surface area contributed by atoms with Crippen LogP contribution < -0.4 is 5.32 Å². The second kappa shape index (κ2) is 11.2. The van der Waals surface area contributed by atoms with Crippen molar-refractivity contribution in [2.75, 3.05) is 32.8 Å². The Morgan fingerprint density at radius 2 is 1.95 bits per heavy atom. The topological polar surface area (TPSA) is 55.7 Å². The minimum absolute atomic E-state index is 0.126. The van der Waals surface area contributed by atoms with Crippen molar-refractivity contribution in [3.05, 3.63) is 11.6 Å². The molecule has 1 fully saturated rings. The van der Waals surface area contributed by atoms with Crippen molar-refractivity contribution < 1.29 is 10.2 Å². The molecule has 3 N–H and O–H groups in total. The fourth-order valence-corrected chi connectivity index (χ4v) is 2.94. The maximum Gasteiger partial charge on any atom is 0.0597 e. The molecule has 0 spiro atoms. The molecule has 0 aromatic rings. The van der Waals surface area contributed by atoms with Gasteiger partial charge < -0.3 is 20.4 Å². The van der Waals surface area contributed by atoms with Crippen LogP contribution in [0.4, 0.5) is 0 Å². The third kappa shape index (κ3) is 8.89. The first-order chi connectivity index (χ1) is 10.5. The molecule has 1 saturated heterocycles. The molecule has 22 heavy (non-hydrogen) atoms. The van der Waals surface area contributed by atoms with E-state index in [9.17, 15) is 10.2 Å². The summed E-state index contributed by atoms with van der Waals surface area (Å²) >= 11 is 0. The SMILES string of the molecule is CC(C)=CCC[C@@H](C)CCNC(CO)CN1CCC(O)CC1. The number of allylic oxidation sites excluding steroid dienone is 2. The van der Waals surface area contributed by atoms with E-state index in [-0.39, 0.29) is 18.8 Å². The smallest absolute Gasteiger partial charge is 0.0597 e. The van der Waals surface area contributed by atoms with E-state index in [0.717, 1.165) is 45.4 Å². The fourth-order valence-electron chi connectivity index (χ4n) is 2.94. The van der Waals surface area contributed by atoms with Crippen molar-refractivity contribution in [1.29, 1.82) is 0 Å². The van der Waals surface area contributed by atoms with Crippen LogP contribution in [0.1, 0.15) is 52.9 Å². The van der Waals surface area contributed by atoms with Crippen LogP contribution in [0.15, 0.2) is 11.6 Å². The van der Waals surface area contributed by atoms with Crippen molar-refractivity contribution >= 4 is 0 Å². The zero-order valence-corrected chi connectivity index (χ0v) is 14.7. The molecule has 0 aromatic carbocycles. The van der Waals surface area contributed by atoms with Gasteiger partial charge in [0.1, 0.15) is 0 Å². The number of nitrogens with zero attached hydrogens (tertiary/aromatic N) is 1. The van der Waals surface area contributed by atoms with Crippen LogP contribution in [0.25, 0.3) is 0 Å². The Hall–Kier alpha value is -0.420. The fraction of sp³-hybridized carbons (Fsp3) is 0.889. The molecule has 0 aromatic heterocycles. The number of hydrogen-bond acceptors (Lipinski definition) is 4. The molecule has 1 unspecified atom stereocenters. The van der Waals surface area contributed by atoms with Gasteiger partial charge in [-0.15, -0.1) is 0 Å². The Balaban J connectivity index is 2.14. The predicted octanol–water partition coefficient (Wildman–Crippen LogP) is 2.17. The van der Waals surface area contributed by atoms with Gasteiger partial charge in [0.25, 0.3) is 0 Å². The Kier molecular flexibility index (Phi) is 9.96. The minimum atomic E-state index is -0.126. The molecule has 1 aliphatic heterocycles. The monoisotopic (exact) mass is 312 g/mol. The van der Waals surface area contributed by atoms with E-state index in [0.29, 0.717) is 5.92 Å². The second-order valence-corrected chi connectivity index (χ2v) is 7.12. The molecule has 4 heteroatoms. The summed E-state index contributed by atoms with van der Waals surface area (Å²) in [7, 11) is 0. The summed E-state index contributed by atoms with van der Waals surface area (Å²) in [6.07, 6.45) is 7.47. The first-order valence-corrected chi connectivity index (χ1v) is 8.89. The highest BCUT2D eigenvalue weighted by Gasteiger charge is 2.19. The van der Waals surface area contributed by atoms with Gasteiger partial charge in [-0.05, 0) is 58.4 Å². The third-order valence-electron chi connectivity index (χ3n) is 4.54. The lowest BCUT2D eigenvalue weighted by atomic mass is 10.0. The lowest BCUT2D eigenvalue weighted by Gasteiger charge is -2.32. The number of hydrogen-bond donors (Lipinski definition) is 3. The zero-order valence-electron chi connectivity index (χ0n) is 14.7. The van der Waals surface area contributed by atoms with E-state index in [2.05, 4.69) is 37.1 Å². The van der Waals surface area contributed by atoms with E-state index in [1.54, 1.807) is 0 Å². The normalized spacial score (nSPS) is 19.9. The van der Waals surface area contributed by atoms with Gasteiger partial charge in [-0.25, -0.2) is 0 Å². The number of nitrogens with one attached hydrogen (secondary N) is 1. The standard InChI is InChI=1S/C18H36N2O2/c1-15(2)5-4-6-16(3)7-10-19-17(14-21)13-20-11-8-18(22)9-12-20/h5,16-19,21-22H,4,6-14H2,1-3H3/t16-,17?/m1/s1. The Morgan fingerprint density at radius 1 is 1.27 bits per heavy atom. The van der Waals surface area contributed by atoms with Crippen molar-refractivity contribution in [3.63, 3.8) is 0 Å². The average molecular weight is 312 g/mol. The van der Waals surface area contributed by atoms with E-state index in [1.165, 1.54) is 18.4 Å². The molecular weight excluding hydrogens is 276 g/mol. The Labute approximate surface area is 136 Å². The lowest BCUT2D eigenvalue weighted by molar-refractivity contribution is 0.0724. The van der Waals surface area contributed by atoms with Crippen LogP contribution in [-0.2, 0) is 0 Å². The number of aliphatic hydroxyl groups excluding tert-OH is 2. The molecule has 0 aliphatic carbocycles. The van der Waals surface area contributed by atoms with E-state index in [1.807, 2.05) is 0 Å². The van der Waals surface area contributed by atoms with Crippen molar-refractivity contribution in [2.45, 2.75) is 65.0 Å². The van der Waals surface area contributed by atoms with Crippen LogP contribution in [0.5, 0.6) is 0 Å². The van der Waals surface area contributed by atoms with Crippen molar-refractivity contribution in [3.8, 4) is 0 Å². The summed E-state index contributed by atoms with van der Waals surface area (Å²) in [6, 6.07) is 0.153. The van der Waals surface area contributed by atoms with Gasteiger partial charge in [0.05, 0.1) is 12.7 Å². The second-order valence-electron chi connectivity index (χ2n) is 7.12. The molecule has 0 amide bonds. The largest absolute Gasteiger partial charge is 0.395 e. The van der Waals surface area contributed by atoms with E-state index >= 15 is 0 Å². The van der Waals surface area contributed by atoms with Gasteiger partial charge in [-0.3, -0.25) is 0 Å². The average Bonchev–Trinajstić information content (AvgIpc) is 2.48. The summed E-state index contributed by atoms with van der Waals surface area (Å²) in [4.78, 5) is 2.35. The maximum absolute atomic E-state index is 9.53. The van der Waals surface area contributed by atoms with Gasteiger partial charge in [0, 0.05) is 25.7 Å². The van der Waals surface area contributed by atoms with E-state index < -0.39 is 0 Å². The molecule has 0 radical (unpaired) electrons. The quantitative estimate of drug-likeness (QED) is 0.541. The van der Waals surface area contributed by atoms with Crippen LogP contribution in [0, 0.1) is 5.92 Å². The summed E-state index contributed by atoms with van der Waals surface area (Å²) < 4.78 is 0. The molecular formula is C18H36N2O2. The van der Waals surface area contributed by atoms with Crippen molar-refractivity contribution in [2.24, 2.45) is 5.92 Å². The number of piperidine rings is 1. The zero-order chi connectivity index (χ0) is 16.4. The molecule has 0 bridgehead atoms. The predicted molar refractivity (Wildman–Crippen MR) is 93.0 cm³/mol. The van der Waals surface area contributed by atoms with Gasteiger partial charge in [0.15, 0.2) is 0 Å². The first-order valence-electron chi connectivity index (χ1n) is 8.89. The molecule has 1 aliphatic rings.